The molecule has 0 bridgehead atoms. The summed E-state index contributed by atoms with van der Waals surface area (Å²) in [6.07, 6.45) is 0. The minimum atomic E-state index is -1.51. The zero-order chi connectivity index (χ0) is 9.84. The van der Waals surface area contributed by atoms with Gasteiger partial charge in [0.05, 0.1) is 6.54 Å². The van der Waals surface area contributed by atoms with Crippen molar-refractivity contribution in [1.82, 2.24) is 10.5 Å². The van der Waals surface area contributed by atoms with E-state index in [2.05, 4.69) is 10.5 Å². The first-order chi connectivity index (χ1) is 6.09. The predicted molar refractivity (Wildman–Crippen MR) is 40.7 cm³/mol. The second kappa shape index (κ2) is 3.70. The Morgan fingerprint density at radius 3 is 2.85 bits per heavy atom. The van der Waals surface area contributed by atoms with E-state index in [9.17, 15) is 9.59 Å². The number of carbonyl (C=O) groups excluding carboxylic acids is 1. The second-order valence-corrected chi connectivity index (χ2v) is 2.42. The number of carbonyl (C=O) groups is 2. The average Bonchev–Trinajstić information content (AvgIpc) is 2.47. The van der Waals surface area contributed by atoms with E-state index in [0.29, 0.717) is 11.5 Å². The second-order valence-electron chi connectivity index (χ2n) is 2.42. The number of aryl methyl sites for hydroxylation is 1. The molecule has 0 spiro atoms. The van der Waals surface area contributed by atoms with Crippen molar-refractivity contribution in [2.24, 2.45) is 0 Å². The van der Waals surface area contributed by atoms with Gasteiger partial charge in [-0.1, -0.05) is 5.16 Å². The lowest BCUT2D eigenvalue weighted by molar-refractivity contribution is -0.150. The van der Waals surface area contributed by atoms with Crippen molar-refractivity contribution in [3.8, 4) is 0 Å². The Labute approximate surface area is 73.5 Å². The van der Waals surface area contributed by atoms with Crippen LogP contribution < -0.4 is 5.32 Å². The minimum Gasteiger partial charge on any atom is -0.474 e. The third kappa shape index (κ3) is 2.58. The van der Waals surface area contributed by atoms with E-state index in [-0.39, 0.29) is 6.54 Å². The summed E-state index contributed by atoms with van der Waals surface area (Å²) in [5.74, 6) is -1.96. The molecule has 6 nitrogen and oxygen atoms in total. The summed E-state index contributed by atoms with van der Waals surface area (Å²) in [4.78, 5) is 20.6. The molecule has 70 valence electrons. The summed E-state index contributed by atoms with van der Waals surface area (Å²) < 4.78 is 4.71. The molecule has 0 radical (unpaired) electrons. The molecular formula is C7H8N2O4. The molecule has 6 heteroatoms. The first kappa shape index (κ1) is 9.24. The number of nitrogens with one attached hydrogen (secondary N) is 1. The van der Waals surface area contributed by atoms with E-state index < -0.39 is 11.9 Å². The van der Waals surface area contributed by atoms with Crippen molar-refractivity contribution in [2.75, 3.05) is 0 Å². The summed E-state index contributed by atoms with van der Waals surface area (Å²) in [6.45, 7) is 1.76. The van der Waals surface area contributed by atoms with Crippen LogP contribution >= 0.6 is 0 Å². The molecule has 1 rings (SSSR count). The quantitative estimate of drug-likeness (QED) is 0.614. The standard InChI is InChI=1S/C7H8N2O4/c1-4-2-5(9-13-4)3-8-6(10)7(11)12/h2H,3H2,1H3,(H,8,10)(H,11,12). The highest BCUT2D eigenvalue weighted by molar-refractivity contribution is 6.31. The van der Waals surface area contributed by atoms with Crippen molar-refractivity contribution in [2.45, 2.75) is 13.5 Å². The molecule has 0 saturated heterocycles. The number of carboxylic acids is 1. The summed E-state index contributed by atoms with van der Waals surface area (Å²) in [7, 11) is 0. The van der Waals surface area contributed by atoms with Gasteiger partial charge in [-0.3, -0.25) is 4.79 Å². The summed E-state index contributed by atoms with van der Waals surface area (Å²) in [5.41, 5.74) is 0.493. The molecule has 0 fully saturated rings. The van der Waals surface area contributed by atoms with Crippen LogP contribution in [-0.2, 0) is 16.1 Å². The van der Waals surface area contributed by atoms with Crippen LogP contribution in [0.15, 0.2) is 10.6 Å². The van der Waals surface area contributed by atoms with Crippen LogP contribution in [0.3, 0.4) is 0 Å². The third-order valence-corrected chi connectivity index (χ3v) is 1.30. The third-order valence-electron chi connectivity index (χ3n) is 1.30. The lowest BCUT2D eigenvalue weighted by Gasteiger charge is -1.95. The molecule has 13 heavy (non-hydrogen) atoms. The zero-order valence-electron chi connectivity index (χ0n) is 6.90. The van der Waals surface area contributed by atoms with Crippen molar-refractivity contribution < 1.29 is 19.2 Å². The molecular weight excluding hydrogens is 176 g/mol. The van der Waals surface area contributed by atoms with Crippen LogP contribution in [0.25, 0.3) is 0 Å². The Bertz CT molecular complexity index is 331. The van der Waals surface area contributed by atoms with Gasteiger partial charge >= 0.3 is 11.9 Å². The monoisotopic (exact) mass is 184 g/mol. The lowest BCUT2D eigenvalue weighted by Crippen LogP contribution is -2.30. The Kier molecular flexibility index (Phi) is 2.63. The van der Waals surface area contributed by atoms with Crippen LogP contribution in [0.1, 0.15) is 11.5 Å². The molecule has 0 atom stereocenters. The number of aromatic nitrogens is 1. The molecule has 1 aromatic rings. The molecule has 1 aromatic heterocycles. The van der Waals surface area contributed by atoms with E-state index in [1.54, 1.807) is 13.0 Å². The van der Waals surface area contributed by atoms with E-state index in [4.69, 9.17) is 9.63 Å². The van der Waals surface area contributed by atoms with Gasteiger partial charge < -0.3 is 14.9 Å². The summed E-state index contributed by atoms with van der Waals surface area (Å²) in [6, 6.07) is 1.61. The largest absolute Gasteiger partial charge is 0.474 e. The Balaban J connectivity index is 2.44. The highest BCUT2D eigenvalue weighted by atomic mass is 16.5. The molecule has 0 unspecified atom stereocenters. The van der Waals surface area contributed by atoms with E-state index in [1.165, 1.54) is 0 Å². The van der Waals surface area contributed by atoms with Gasteiger partial charge in [-0.15, -0.1) is 0 Å². The maximum absolute atomic E-state index is 10.6. The Hall–Kier alpha value is -1.85. The van der Waals surface area contributed by atoms with Crippen molar-refractivity contribution in [3.63, 3.8) is 0 Å². The number of nitrogens with zero attached hydrogens (tertiary/aromatic N) is 1. The number of hydrogen-bond acceptors (Lipinski definition) is 4. The van der Waals surface area contributed by atoms with Crippen molar-refractivity contribution in [1.29, 1.82) is 0 Å². The van der Waals surface area contributed by atoms with Gasteiger partial charge in [-0.05, 0) is 6.92 Å². The number of carboxylic acid groups (broad SMARTS) is 1. The first-order valence-corrected chi connectivity index (χ1v) is 3.53. The fourth-order valence-electron chi connectivity index (χ4n) is 0.748. The average molecular weight is 184 g/mol. The molecule has 0 saturated carbocycles. The van der Waals surface area contributed by atoms with Gasteiger partial charge in [-0.25, -0.2) is 4.79 Å². The predicted octanol–water partition coefficient (Wildman–Crippen LogP) is -0.316. The molecule has 0 aliphatic carbocycles. The van der Waals surface area contributed by atoms with Gasteiger partial charge in [0.2, 0.25) is 0 Å². The summed E-state index contributed by atoms with van der Waals surface area (Å²) >= 11 is 0. The minimum absolute atomic E-state index is 0.0580. The molecule has 0 aliphatic heterocycles. The summed E-state index contributed by atoms with van der Waals surface area (Å²) in [5, 5.41) is 13.9. The van der Waals surface area contributed by atoms with Gasteiger partial charge in [0.25, 0.3) is 0 Å². The zero-order valence-corrected chi connectivity index (χ0v) is 6.90. The van der Waals surface area contributed by atoms with E-state index in [0.717, 1.165) is 0 Å². The lowest BCUT2D eigenvalue weighted by atomic mass is 10.4. The fourth-order valence-corrected chi connectivity index (χ4v) is 0.748. The molecule has 0 aliphatic rings. The van der Waals surface area contributed by atoms with Crippen LogP contribution in [0.2, 0.25) is 0 Å². The smallest absolute Gasteiger partial charge is 0.394 e. The Morgan fingerprint density at radius 1 is 1.69 bits per heavy atom. The fraction of sp³-hybridized carbons (Fsp3) is 0.286. The maximum Gasteiger partial charge on any atom is 0.394 e. The normalized spacial score (nSPS) is 9.62. The van der Waals surface area contributed by atoms with Gasteiger partial charge in [0, 0.05) is 6.07 Å². The van der Waals surface area contributed by atoms with Gasteiger partial charge in [0.1, 0.15) is 11.5 Å². The van der Waals surface area contributed by atoms with Gasteiger partial charge in [0.15, 0.2) is 0 Å². The SMILES string of the molecule is Cc1cc(CNC(=O)C(=O)O)no1. The first-order valence-electron chi connectivity index (χ1n) is 3.53. The van der Waals surface area contributed by atoms with E-state index in [1.807, 2.05) is 0 Å². The topological polar surface area (TPSA) is 92.4 Å². The molecule has 1 heterocycles. The molecule has 2 N–H and O–H groups in total. The Morgan fingerprint density at radius 2 is 2.38 bits per heavy atom. The number of rotatable bonds is 2. The van der Waals surface area contributed by atoms with Crippen LogP contribution in [0, 0.1) is 6.92 Å². The van der Waals surface area contributed by atoms with Crippen LogP contribution in [-0.4, -0.2) is 22.1 Å². The molecule has 1 amide bonds. The number of amides is 1. The highest BCUT2D eigenvalue weighted by Gasteiger charge is 2.10. The molecule has 0 aromatic carbocycles. The maximum atomic E-state index is 10.6. The van der Waals surface area contributed by atoms with Gasteiger partial charge in [-0.2, -0.15) is 0 Å². The van der Waals surface area contributed by atoms with Crippen LogP contribution in [0.4, 0.5) is 0 Å². The van der Waals surface area contributed by atoms with Crippen molar-refractivity contribution in [3.05, 3.63) is 17.5 Å². The van der Waals surface area contributed by atoms with Crippen molar-refractivity contribution >= 4 is 11.9 Å². The number of aliphatic carboxylic acids is 1. The van der Waals surface area contributed by atoms with Crippen LogP contribution in [0.5, 0.6) is 0 Å². The van der Waals surface area contributed by atoms with E-state index >= 15 is 0 Å². The number of hydrogen-bond donors (Lipinski definition) is 2. The highest BCUT2D eigenvalue weighted by Crippen LogP contribution is 2.00.